The third-order valence-electron chi connectivity index (χ3n) is 3.31. The molecule has 0 spiro atoms. The summed E-state index contributed by atoms with van der Waals surface area (Å²) in [6.07, 6.45) is -0.820. The fourth-order valence-corrected chi connectivity index (χ4v) is 1.97. The zero-order valence-electron chi connectivity index (χ0n) is 13.7. The highest BCUT2D eigenvalue weighted by molar-refractivity contribution is 5.95. The summed E-state index contributed by atoms with van der Waals surface area (Å²) in [6.45, 7) is 3.46. The highest BCUT2D eigenvalue weighted by atomic mass is 16.6. The number of hydrazine groups is 1. The summed E-state index contributed by atoms with van der Waals surface area (Å²) in [4.78, 5) is 33.9. The normalized spacial score (nSPS) is 11.3. The maximum atomic E-state index is 12.0. The highest BCUT2D eigenvalue weighted by Crippen LogP contribution is 2.14. The van der Waals surface area contributed by atoms with Gasteiger partial charge in [0.05, 0.1) is 4.92 Å². The molecule has 0 saturated carbocycles. The predicted octanol–water partition coefficient (Wildman–Crippen LogP) is 2.13. The van der Waals surface area contributed by atoms with E-state index in [0.29, 0.717) is 5.75 Å². The van der Waals surface area contributed by atoms with E-state index in [9.17, 15) is 19.7 Å². The monoisotopic (exact) mass is 343 g/mol. The zero-order chi connectivity index (χ0) is 18.4. The van der Waals surface area contributed by atoms with Crippen LogP contribution in [0.25, 0.3) is 0 Å². The van der Waals surface area contributed by atoms with Crippen molar-refractivity contribution in [1.82, 2.24) is 10.9 Å². The number of nitro benzene ring substituents is 1. The Morgan fingerprint density at radius 1 is 1.12 bits per heavy atom. The Morgan fingerprint density at radius 3 is 2.40 bits per heavy atom. The van der Waals surface area contributed by atoms with Crippen LogP contribution < -0.4 is 15.6 Å². The summed E-state index contributed by atoms with van der Waals surface area (Å²) < 4.78 is 5.50. The van der Waals surface area contributed by atoms with Gasteiger partial charge in [0.1, 0.15) is 5.75 Å². The maximum absolute atomic E-state index is 12.0. The molecule has 0 saturated heterocycles. The average molecular weight is 343 g/mol. The Hall–Kier alpha value is -3.42. The van der Waals surface area contributed by atoms with Crippen molar-refractivity contribution in [2.24, 2.45) is 0 Å². The predicted molar refractivity (Wildman–Crippen MR) is 90.0 cm³/mol. The summed E-state index contributed by atoms with van der Waals surface area (Å²) in [5.74, 6) is -0.577. The number of hydrogen-bond acceptors (Lipinski definition) is 5. The number of ether oxygens (including phenoxy) is 1. The van der Waals surface area contributed by atoms with Crippen molar-refractivity contribution >= 4 is 17.5 Å². The molecule has 0 radical (unpaired) electrons. The van der Waals surface area contributed by atoms with E-state index in [0.717, 1.165) is 5.56 Å². The zero-order valence-corrected chi connectivity index (χ0v) is 13.7. The smallest absolute Gasteiger partial charge is 0.279 e. The first-order valence-corrected chi connectivity index (χ1v) is 7.45. The van der Waals surface area contributed by atoms with Crippen LogP contribution in [0.15, 0.2) is 48.5 Å². The van der Waals surface area contributed by atoms with Crippen molar-refractivity contribution in [3.8, 4) is 5.75 Å². The molecule has 2 N–H and O–H groups in total. The van der Waals surface area contributed by atoms with Crippen LogP contribution in [0.2, 0.25) is 0 Å². The van der Waals surface area contributed by atoms with E-state index in [2.05, 4.69) is 10.9 Å². The molecule has 2 aromatic rings. The van der Waals surface area contributed by atoms with E-state index >= 15 is 0 Å². The molecule has 0 aliphatic rings. The molecule has 130 valence electrons. The number of carbonyl (C=O) groups is 2. The van der Waals surface area contributed by atoms with Crippen molar-refractivity contribution in [3.63, 3.8) is 0 Å². The van der Waals surface area contributed by atoms with E-state index in [1.165, 1.54) is 24.3 Å². The Kier molecular flexibility index (Phi) is 5.67. The quantitative estimate of drug-likeness (QED) is 0.638. The Morgan fingerprint density at radius 2 is 1.80 bits per heavy atom. The van der Waals surface area contributed by atoms with Crippen molar-refractivity contribution in [3.05, 3.63) is 69.8 Å². The van der Waals surface area contributed by atoms with Gasteiger partial charge in [0.25, 0.3) is 17.5 Å². The molecular formula is C17H17N3O5. The molecule has 2 aromatic carbocycles. The Balaban J connectivity index is 1.87. The number of benzene rings is 2. The highest BCUT2D eigenvalue weighted by Gasteiger charge is 2.16. The summed E-state index contributed by atoms with van der Waals surface area (Å²) in [5, 5.41) is 10.6. The van der Waals surface area contributed by atoms with Gasteiger partial charge in [-0.2, -0.15) is 0 Å². The lowest BCUT2D eigenvalue weighted by Gasteiger charge is -2.15. The first kappa shape index (κ1) is 17.9. The van der Waals surface area contributed by atoms with Crippen LogP contribution in [0.1, 0.15) is 22.8 Å². The van der Waals surface area contributed by atoms with E-state index in [1.807, 2.05) is 19.1 Å². The van der Waals surface area contributed by atoms with Crippen molar-refractivity contribution < 1.29 is 19.2 Å². The van der Waals surface area contributed by atoms with Crippen LogP contribution in [0.4, 0.5) is 5.69 Å². The number of non-ortho nitro benzene ring substituents is 1. The molecule has 8 nitrogen and oxygen atoms in total. The Labute approximate surface area is 143 Å². The lowest BCUT2D eigenvalue weighted by molar-refractivity contribution is -0.384. The lowest BCUT2D eigenvalue weighted by atomic mass is 10.2. The van der Waals surface area contributed by atoms with Gasteiger partial charge in [-0.15, -0.1) is 0 Å². The second-order valence-corrected chi connectivity index (χ2v) is 5.32. The first-order valence-electron chi connectivity index (χ1n) is 7.45. The van der Waals surface area contributed by atoms with Gasteiger partial charge in [0.15, 0.2) is 6.10 Å². The number of nitrogens with zero attached hydrogens (tertiary/aromatic N) is 1. The number of nitro groups is 1. The minimum absolute atomic E-state index is 0.124. The number of hydrogen-bond donors (Lipinski definition) is 2. The van der Waals surface area contributed by atoms with Gasteiger partial charge < -0.3 is 4.74 Å². The summed E-state index contributed by atoms with van der Waals surface area (Å²) in [7, 11) is 0. The largest absolute Gasteiger partial charge is 0.481 e. The maximum Gasteiger partial charge on any atom is 0.279 e. The molecule has 0 heterocycles. The number of rotatable bonds is 5. The molecule has 0 bridgehead atoms. The summed E-state index contributed by atoms with van der Waals surface area (Å²) in [5.41, 5.74) is 5.54. The summed E-state index contributed by atoms with van der Waals surface area (Å²) in [6, 6.07) is 12.2. The first-order chi connectivity index (χ1) is 11.9. The third-order valence-corrected chi connectivity index (χ3v) is 3.31. The number of aryl methyl sites for hydroxylation is 1. The molecule has 1 atom stereocenters. The van der Waals surface area contributed by atoms with Crippen LogP contribution in [-0.2, 0) is 4.79 Å². The molecular weight excluding hydrogens is 326 g/mol. The second-order valence-electron chi connectivity index (χ2n) is 5.32. The topological polar surface area (TPSA) is 111 Å². The van der Waals surface area contributed by atoms with E-state index in [1.54, 1.807) is 19.1 Å². The average Bonchev–Trinajstić information content (AvgIpc) is 2.59. The SMILES string of the molecule is Cc1cccc(OC(C)C(=O)NNC(=O)c2ccc([N+](=O)[O-])cc2)c1. The van der Waals surface area contributed by atoms with Crippen LogP contribution in [0.3, 0.4) is 0 Å². The standard InChI is InChI=1S/C17H17N3O5/c1-11-4-3-5-15(10-11)25-12(2)16(21)18-19-17(22)13-6-8-14(9-7-13)20(23)24/h3-10,12H,1-2H3,(H,18,21)(H,19,22). The number of carbonyl (C=O) groups excluding carboxylic acids is 2. The second kappa shape index (κ2) is 7.91. The van der Waals surface area contributed by atoms with Crippen molar-refractivity contribution in [1.29, 1.82) is 0 Å². The minimum atomic E-state index is -0.820. The van der Waals surface area contributed by atoms with E-state index < -0.39 is 22.8 Å². The van der Waals surface area contributed by atoms with Crippen molar-refractivity contribution in [2.45, 2.75) is 20.0 Å². The van der Waals surface area contributed by atoms with E-state index in [4.69, 9.17) is 4.74 Å². The minimum Gasteiger partial charge on any atom is -0.481 e. The van der Waals surface area contributed by atoms with Gasteiger partial charge in [-0.05, 0) is 43.7 Å². The van der Waals surface area contributed by atoms with Crippen molar-refractivity contribution in [2.75, 3.05) is 0 Å². The van der Waals surface area contributed by atoms with Gasteiger partial charge >= 0.3 is 0 Å². The van der Waals surface area contributed by atoms with Crippen LogP contribution in [0.5, 0.6) is 5.75 Å². The summed E-state index contributed by atoms with van der Waals surface area (Å²) >= 11 is 0. The van der Waals surface area contributed by atoms with Crippen LogP contribution >= 0.6 is 0 Å². The van der Waals surface area contributed by atoms with Gasteiger partial charge in [-0.25, -0.2) is 0 Å². The number of amides is 2. The Bertz CT molecular complexity index is 789. The van der Waals surface area contributed by atoms with Gasteiger partial charge in [0.2, 0.25) is 0 Å². The molecule has 25 heavy (non-hydrogen) atoms. The molecule has 8 heteroatoms. The fourth-order valence-electron chi connectivity index (χ4n) is 1.97. The van der Waals surface area contributed by atoms with Crippen LogP contribution in [0, 0.1) is 17.0 Å². The molecule has 2 amide bonds. The van der Waals surface area contributed by atoms with Gasteiger partial charge in [-0.3, -0.25) is 30.6 Å². The third kappa shape index (κ3) is 5.03. The molecule has 0 fully saturated rings. The van der Waals surface area contributed by atoms with Crippen LogP contribution in [-0.4, -0.2) is 22.8 Å². The fraction of sp³-hybridized carbons (Fsp3) is 0.176. The molecule has 0 aromatic heterocycles. The van der Waals surface area contributed by atoms with Gasteiger partial charge in [0, 0.05) is 17.7 Å². The van der Waals surface area contributed by atoms with E-state index in [-0.39, 0.29) is 11.3 Å². The molecule has 2 rings (SSSR count). The molecule has 0 aliphatic heterocycles. The lowest BCUT2D eigenvalue weighted by Crippen LogP contribution is -2.47. The van der Waals surface area contributed by atoms with Gasteiger partial charge in [-0.1, -0.05) is 12.1 Å². The molecule has 1 unspecified atom stereocenters. The number of nitrogens with one attached hydrogen (secondary N) is 2. The molecule has 0 aliphatic carbocycles.